The Balaban J connectivity index is 2.42. The predicted molar refractivity (Wildman–Crippen MR) is 44.7 cm³/mol. The summed E-state index contributed by atoms with van der Waals surface area (Å²) >= 11 is 6.99. The van der Waals surface area contributed by atoms with Crippen LogP contribution in [0.4, 0.5) is 5.00 Å². The average molecular weight is 178 g/mol. The zero-order chi connectivity index (χ0) is 7.40. The fourth-order valence-electron chi connectivity index (χ4n) is 0.530. The van der Waals surface area contributed by atoms with Gasteiger partial charge in [0.25, 0.3) is 0 Å². The van der Waals surface area contributed by atoms with Gasteiger partial charge in [0, 0.05) is 13.1 Å². The number of halogens is 1. The fraction of sp³-hybridized carbons (Fsp3) is 0.400. The summed E-state index contributed by atoms with van der Waals surface area (Å²) in [6.45, 7) is 1.38. The Kier molecular flexibility index (Phi) is 2.92. The number of anilines is 1. The minimum atomic E-state index is 0.555. The first-order valence-electron chi connectivity index (χ1n) is 2.88. The SMILES string of the molecule is NCCNc1cnc(Cl)s1. The highest BCUT2D eigenvalue weighted by Crippen LogP contribution is 2.21. The van der Waals surface area contributed by atoms with Crippen LogP contribution in [0.2, 0.25) is 4.47 Å². The molecule has 0 radical (unpaired) electrons. The van der Waals surface area contributed by atoms with Crippen molar-refractivity contribution in [2.45, 2.75) is 0 Å². The van der Waals surface area contributed by atoms with Gasteiger partial charge in [-0.2, -0.15) is 0 Å². The predicted octanol–water partition coefficient (Wildman–Crippen LogP) is 1.17. The van der Waals surface area contributed by atoms with Crippen molar-refractivity contribution < 1.29 is 0 Å². The molecule has 0 fully saturated rings. The molecule has 3 N–H and O–H groups in total. The highest BCUT2D eigenvalue weighted by Gasteiger charge is 1.95. The molecular weight excluding hydrogens is 170 g/mol. The Morgan fingerprint density at radius 3 is 3.10 bits per heavy atom. The number of nitrogens with zero attached hydrogens (tertiary/aromatic N) is 1. The van der Waals surface area contributed by atoms with Crippen LogP contribution in [0.25, 0.3) is 0 Å². The van der Waals surface area contributed by atoms with Crippen molar-refractivity contribution in [2.24, 2.45) is 5.73 Å². The third kappa shape index (κ3) is 2.13. The van der Waals surface area contributed by atoms with E-state index < -0.39 is 0 Å². The zero-order valence-corrected chi connectivity index (χ0v) is 6.87. The summed E-state index contributed by atoms with van der Waals surface area (Å²) in [5.41, 5.74) is 5.27. The number of nitrogens with one attached hydrogen (secondary N) is 1. The molecule has 1 aromatic heterocycles. The smallest absolute Gasteiger partial charge is 0.185 e. The van der Waals surface area contributed by atoms with Gasteiger partial charge < -0.3 is 11.1 Å². The maximum Gasteiger partial charge on any atom is 0.185 e. The molecule has 0 unspecified atom stereocenters. The number of hydrogen-bond donors (Lipinski definition) is 2. The van der Waals surface area contributed by atoms with Gasteiger partial charge in [-0.15, -0.1) is 0 Å². The van der Waals surface area contributed by atoms with Crippen LogP contribution in [0.1, 0.15) is 0 Å². The quantitative estimate of drug-likeness (QED) is 0.729. The van der Waals surface area contributed by atoms with Crippen LogP contribution < -0.4 is 11.1 Å². The molecule has 1 heterocycles. The summed E-state index contributed by atoms with van der Waals surface area (Å²) < 4.78 is 0.555. The van der Waals surface area contributed by atoms with Gasteiger partial charge in [-0.05, 0) is 0 Å². The van der Waals surface area contributed by atoms with Gasteiger partial charge in [-0.1, -0.05) is 22.9 Å². The summed E-state index contributed by atoms with van der Waals surface area (Å²) in [5.74, 6) is 0. The van der Waals surface area contributed by atoms with Gasteiger partial charge >= 0.3 is 0 Å². The topological polar surface area (TPSA) is 50.9 Å². The Morgan fingerprint density at radius 2 is 2.60 bits per heavy atom. The Hall–Kier alpha value is -0.320. The van der Waals surface area contributed by atoms with E-state index in [0.717, 1.165) is 11.5 Å². The molecule has 0 atom stereocenters. The van der Waals surface area contributed by atoms with Crippen LogP contribution in [0.5, 0.6) is 0 Å². The molecule has 1 aromatic rings. The van der Waals surface area contributed by atoms with E-state index in [2.05, 4.69) is 10.3 Å². The summed E-state index contributed by atoms with van der Waals surface area (Å²) in [6.07, 6.45) is 1.70. The number of rotatable bonds is 3. The molecule has 0 aliphatic carbocycles. The van der Waals surface area contributed by atoms with Crippen molar-refractivity contribution in [3.8, 4) is 0 Å². The summed E-state index contributed by atoms with van der Waals surface area (Å²) in [5, 5.41) is 4.03. The van der Waals surface area contributed by atoms with Crippen molar-refractivity contribution in [1.29, 1.82) is 0 Å². The highest BCUT2D eigenvalue weighted by atomic mass is 35.5. The van der Waals surface area contributed by atoms with Gasteiger partial charge in [-0.3, -0.25) is 0 Å². The van der Waals surface area contributed by atoms with Crippen LogP contribution >= 0.6 is 22.9 Å². The van der Waals surface area contributed by atoms with E-state index in [-0.39, 0.29) is 0 Å². The zero-order valence-electron chi connectivity index (χ0n) is 5.30. The van der Waals surface area contributed by atoms with E-state index in [1.165, 1.54) is 11.3 Å². The molecular formula is C5H8ClN3S. The fourth-order valence-corrected chi connectivity index (χ4v) is 1.39. The first-order chi connectivity index (χ1) is 4.83. The minimum Gasteiger partial charge on any atom is -0.374 e. The van der Waals surface area contributed by atoms with E-state index >= 15 is 0 Å². The maximum absolute atomic E-state index is 5.58. The van der Waals surface area contributed by atoms with E-state index in [0.29, 0.717) is 11.0 Å². The van der Waals surface area contributed by atoms with Crippen molar-refractivity contribution in [3.05, 3.63) is 10.7 Å². The van der Waals surface area contributed by atoms with Gasteiger partial charge in [-0.25, -0.2) is 4.98 Å². The molecule has 56 valence electrons. The van der Waals surface area contributed by atoms with Crippen LogP contribution in [-0.2, 0) is 0 Å². The average Bonchev–Trinajstić information content (AvgIpc) is 2.31. The van der Waals surface area contributed by atoms with Crippen LogP contribution in [0.3, 0.4) is 0 Å². The Morgan fingerprint density at radius 1 is 1.80 bits per heavy atom. The van der Waals surface area contributed by atoms with E-state index in [1.54, 1.807) is 6.20 Å². The van der Waals surface area contributed by atoms with Gasteiger partial charge in [0.15, 0.2) is 4.47 Å². The molecule has 0 aromatic carbocycles. The molecule has 0 saturated carbocycles. The van der Waals surface area contributed by atoms with Crippen LogP contribution in [0.15, 0.2) is 6.20 Å². The van der Waals surface area contributed by atoms with Gasteiger partial charge in [0.05, 0.1) is 6.20 Å². The number of nitrogens with two attached hydrogens (primary N) is 1. The van der Waals surface area contributed by atoms with Crippen LogP contribution in [-0.4, -0.2) is 18.1 Å². The molecule has 5 heteroatoms. The number of aromatic nitrogens is 1. The van der Waals surface area contributed by atoms with Crippen molar-refractivity contribution in [1.82, 2.24) is 4.98 Å². The summed E-state index contributed by atoms with van der Waals surface area (Å²) in [7, 11) is 0. The maximum atomic E-state index is 5.58. The van der Waals surface area contributed by atoms with Crippen molar-refractivity contribution in [2.75, 3.05) is 18.4 Å². The first-order valence-corrected chi connectivity index (χ1v) is 4.07. The number of hydrogen-bond acceptors (Lipinski definition) is 4. The van der Waals surface area contributed by atoms with Crippen LogP contribution in [0, 0.1) is 0 Å². The second-order valence-electron chi connectivity index (χ2n) is 1.69. The Bertz CT molecular complexity index is 201. The molecule has 1 rings (SSSR count). The van der Waals surface area contributed by atoms with E-state index in [1.807, 2.05) is 0 Å². The van der Waals surface area contributed by atoms with Gasteiger partial charge in [0.1, 0.15) is 5.00 Å². The molecule has 3 nitrogen and oxygen atoms in total. The third-order valence-corrected chi connectivity index (χ3v) is 1.99. The summed E-state index contributed by atoms with van der Waals surface area (Å²) in [4.78, 5) is 3.85. The third-order valence-electron chi connectivity index (χ3n) is 0.921. The molecule has 0 spiro atoms. The van der Waals surface area contributed by atoms with Crippen molar-refractivity contribution >= 4 is 27.9 Å². The molecule has 0 saturated heterocycles. The van der Waals surface area contributed by atoms with Crippen molar-refractivity contribution in [3.63, 3.8) is 0 Å². The summed E-state index contributed by atoms with van der Waals surface area (Å²) in [6, 6.07) is 0. The first kappa shape index (κ1) is 7.78. The highest BCUT2D eigenvalue weighted by molar-refractivity contribution is 7.19. The molecule has 0 aliphatic rings. The largest absolute Gasteiger partial charge is 0.374 e. The second-order valence-corrected chi connectivity index (χ2v) is 3.31. The van der Waals surface area contributed by atoms with E-state index in [9.17, 15) is 0 Å². The Labute approximate surface area is 68.2 Å². The van der Waals surface area contributed by atoms with Gasteiger partial charge in [0.2, 0.25) is 0 Å². The molecule has 0 amide bonds. The minimum absolute atomic E-state index is 0.555. The lowest BCUT2D eigenvalue weighted by molar-refractivity contribution is 1.03. The monoisotopic (exact) mass is 177 g/mol. The number of thiazole rings is 1. The second kappa shape index (κ2) is 3.75. The molecule has 0 bridgehead atoms. The molecule has 0 aliphatic heterocycles. The molecule has 10 heavy (non-hydrogen) atoms. The lowest BCUT2D eigenvalue weighted by Crippen LogP contribution is -2.12. The normalized spacial score (nSPS) is 9.80. The lowest BCUT2D eigenvalue weighted by atomic mass is 10.6. The van der Waals surface area contributed by atoms with E-state index in [4.69, 9.17) is 17.3 Å². The standard InChI is InChI=1S/C5H8ClN3S/c6-5-9-3-4(10-5)8-2-1-7/h3,8H,1-2,7H2. The lowest BCUT2D eigenvalue weighted by Gasteiger charge is -1.96.